The SMILES string of the molecule is c1ccc(-c2nnc(-c3ccc(N(c4ccccc4)c4ccc(-n5c6ccccc6c6ccccc65)cc4)cc3)n2-c2ccccn2)cc1. The summed E-state index contributed by atoms with van der Waals surface area (Å²) in [5, 5.41) is 11.8. The number of para-hydroxylation sites is 3. The van der Waals surface area contributed by atoms with Gasteiger partial charge in [-0.3, -0.25) is 4.57 Å². The highest BCUT2D eigenvalue weighted by molar-refractivity contribution is 6.09. The monoisotopic (exact) mass is 630 g/mol. The van der Waals surface area contributed by atoms with E-state index in [1.165, 1.54) is 21.8 Å². The largest absolute Gasteiger partial charge is 0.311 e. The molecule has 0 saturated carbocycles. The van der Waals surface area contributed by atoms with Crippen LogP contribution in [0.2, 0.25) is 0 Å². The lowest BCUT2D eigenvalue weighted by Gasteiger charge is -2.26. The highest BCUT2D eigenvalue weighted by Gasteiger charge is 2.19. The summed E-state index contributed by atoms with van der Waals surface area (Å²) in [4.78, 5) is 6.93. The maximum absolute atomic E-state index is 4.66. The normalized spacial score (nSPS) is 11.3. The van der Waals surface area contributed by atoms with E-state index < -0.39 is 0 Å². The van der Waals surface area contributed by atoms with E-state index in [1.54, 1.807) is 6.20 Å². The number of benzene rings is 6. The predicted octanol–water partition coefficient (Wildman–Crippen LogP) is 10.6. The van der Waals surface area contributed by atoms with Crippen molar-refractivity contribution in [3.05, 3.63) is 182 Å². The molecule has 9 aromatic rings. The van der Waals surface area contributed by atoms with Crippen LogP contribution in [0, 0.1) is 0 Å². The minimum absolute atomic E-state index is 0.728. The van der Waals surface area contributed by atoms with Crippen LogP contribution in [0.15, 0.2) is 182 Å². The molecule has 6 aromatic carbocycles. The quantitative estimate of drug-likeness (QED) is 0.176. The molecule has 3 aromatic heterocycles. The third-order valence-corrected chi connectivity index (χ3v) is 8.92. The maximum Gasteiger partial charge on any atom is 0.170 e. The molecule has 0 aliphatic heterocycles. The summed E-state index contributed by atoms with van der Waals surface area (Å²) in [6.07, 6.45) is 1.79. The van der Waals surface area contributed by atoms with E-state index in [-0.39, 0.29) is 0 Å². The molecule has 9 rings (SSSR count). The van der Waals surface area contributed by atoms with Gasteiger partial charge in [0.1, 0.15) is 5.82 Å². The zero-order valence-electron chi connectivity index (χ0n) is 26.5. The lowest BCUT2D eigenvalue weighted by molar-refractivity contribution is 1.01. The van der Waals surface area contributed by atoms with E-state index in [9.17, 15) is 0 Å². The van der Waals surface area contributed by atoms with Gasteiger partial charge in [-0.15, -0.1) is 10.2 Å². The van der Waals surface area contributed by atoms with Gasteiger partial charge in [-0.2, -0.15) is 0 Å². The Hall–Kier alpha value is -6.79. The van der Waals surface area contributed by atoms with Crippen LogP contribution in [-0.2, 0) is 0 Å². The van der Waals surface area contributed by atoms with Crippen molar-refractivity contribution in [2.24, 2.45) is 0 Å². The first-order chi connectivity index (χ1) is 24.3. The minimum atomic E-state index is 0.728. The lowest BCUT2D eigenvalue weighted by Crippen LogP contribution is -2.10. The summed E-state index contributed by atoms with van der Waals surface area (Å²) in [6.45, 7) is 0. The second-order valence-electron chi connectivity index (χ2n) is 11.8. The molecule has 0 aliphatic carbocycles. The van der Waals surface area contributed by atoms with Crippen molar-refractivity contribution >= 4 is 38.9 Å². The van der Waals surface area contributed by atoms with Gasteiger partial charge < -0.3 is 9.47 Å². The Balaban J connectivity index is 1.12. The van der Waals surface area contributed by atoms with Crippen molar-refractivity contribution in [2.45, 2.75) is 0 Å². The molecule has 0 amide bonds. The predicted molar refractivity (Wildman–Crippen MR) is 199 cm³/mol. The van der Waals surface area contributed by atoms with E-state index in [0.29, 0.717) is 0 Å². The number of anilines is 3. The molecular weight excluding hydrogens is 601 g/mol. The van der Waals surface area contributed by atoms with Crippen molar-refractivity contribution in [1.82, 2.24) is 24.3 Å². The standard InChI is InChI=1S/C43H30N6/c1-3-13-31(14-4-1)42-45-46-43(49(42)41-21-11-12-30-44-41)32-22-24-34(25-23-32)47(33-15-5-2-6-16-33)35-26-28-36(29-27-35)48-39-19-9-7-17-37(39)38-18-8-10-20-40(38)48/h1-30H. The number of hydrogen-bond acceptors (Lipinski definition) is 4. The summed E-state index contributed by atoms with van der Waals surface area (Å²) < 4.78 is 4.37. The Kier molecular flexibility index (Phi) is 7.02. The van der Waals surface area contributed by atoms with Crippen molar-refractivity contribution in [3.63, 3.8) is 0 Å². The molecule has 6 heteroatoms. The maximum atomic E-state index is 4.66. The molecule has 49 heavy (non-hydrogen) atoms. The lowest BCUT2D eigenvalue weighted by atomic mass is 10.1. The first kappa shape index (κ1) is 28.4. The zero-order valence-corrected chi connectivity index (χ0v) is 26.5. The number of rotatable bonds is 7. The first-order valence-electron chi connectivity index (χ1n) is 16.3. The van der Waals surface area contributed by atoms with Crippen LogP contribution in [0.25, 0.3) is 56.1 Å². The van der Waals surface area contributed by atoms with Crippen LogP contribution >= 0.6 is 0 Å². The van der Waals surface area contributed by atoms with E-state index in [4.69, 9.17) is 0 Å². The molecular formula is C43H30N6. The van der Waals surface area contributed by atoms with Crippen LogP contribution in [-0.4, -0.2) is 24.3 Å². The van der Waals surface area contributed by atoms with Crippen LogP contribution in [0.1, 0.15) is 0 Å². The molecule has 6 nitrogen and oxygen atoms in total. The summed E-state index contributed by atoms with van der Waals surface area (Å²) >= 11 is 0. The average molecular weight is 631 g/mol. The summed E-state index contributed by atoms with van der Waals surface area (Å²) in [6, 6.07) is 61.0. The number of aromatic nitrogens is 5. The van der Waals surface area contributed by atoms with Crippen molar-refractivity contribution in [2.75, 3.05) is 4.90 Å². The van der Waals surface area contributed by atoms with E-state index in [0.717, 1.165) is 51.3 Å². The van der Waals surface area contributed by atoms with Crippen molar-refractivity contribution in [1.29, 1.82) is 0 Å². The third-order valence-electron chi connectivity index (χ3n) is 8.92. The second-order valence-corrected chi connectivity index (χ2v) is 11.8. The molecule has 3 heterocycles. The van der Waals surface area contributed by atoms with Gasteiger partial charge in [0.05, 0.1) is 11.0 Å². The average Bonchev–Trinajstić information content (AvgIpc) is 3.77. The van der Waals surface area contributed by atoms with Gasteiger partial charge in [-0.25, -0.2) is 4.98 Å². The summed E-state index contributed by atoms with van der Waals surface area (Å²) in [7, 11) is 0. The molecule has 0 spiro atoms. The molecule has 0 bridgehead atoms. The first-order valence-corrected chi connectivity index (χ1v) is 16.3. The van der Waals surface area contributed by atoms with Crippen LogP contribution < -0.4 is 4.90 Å². The fourth-order valence-electron chi connectivity index (χ4n) is 6.68. The fraction of sp³-hybridized carbons (Fsp3) is 0. The second kappa shape index (κ2) is 12.1. The highest BCUT2D eigenvalue weighted by Crippen LogP contribution is 2.38. The van der Waals surface area contributed by atoms with Gasteiger partial charge in [0, 0.05) is 50.8 Å². The minimum Gasteiger partial charge on any atom is -0.311 e. The third kappa shape index (κ3) is 5.03. The Morgan fingerprint density at radius 2 is 0.878 bits per heavy atom. The van der Waals surface area contributed by atoms with E-state index in [1.807, 2.05) is 59.2 Å². The van der Waals surface area contributed by atoms with Crippen molar-refractivity contribution < 1.29 is 0 Å². The van der Waals surface area contributed by atoms with Gasteiger partial charge >= 0.3 is 0 Å². The number of pyridine rings is 1. The molecule has 0 radical (unpaired) electrons. The Bertz CT molecular complexity index is 2470. The van der Waals surface area contributed by atoms with Gasteiger partial charge in [-0.1, -0.05) is 91.0 Å². The van der Waals surface area contributed by atoms with Crippen LogP contribution in [0.5, 0.6) is 0 Å². The molecule has 0 saturated heterocycles. The Morgan fingerprint density at radius 1 is 0.388 bits per heavy atom. The van der Waals surface area contributed by atoms with Gasteiger partial charge in [0.2, 0.25) is 0 Å². The van der Waals surface area contributed by atoms with Gasteiger partial charge in [0.25, 0.3) is 0 Å². The Labute approximate surface area is 283 Å². The number of hydrogen-bond donors (Lipinski definition) is 0. The molecule has 0 N–H and O–H groups in total. The zero-order chi connectivity index (χ0) is 32.6. The van der Waals surface area contributed by atoms with Crippen molar-refractivity contribution in [3.8, 4) is 34.3 Å². The Morgan fingerprint density at radius 3 is 1.47 bits per heavy atom. The molecule has 0 unspecified atom stereocenters. The smallest absolute Gasteiger partial charge is 0.170 e. The van der Waals surface area contributed by atoms with Crippen LogP contribution in [0.3, 0.4) is 0 Å². The molecule has 232 valence electrons. The number of nitrogens with zero attached hydrogens (tertiary/aromatic N) is 6. The molecule has 0 fully saturated rings. The van der Waals surface area contributed by atoms with Gasteiger partial charge in [-0.05, 0) is 84.9 Å². The summed E-state index contributed by atoms with van der Waals surface area (Å²) in [5.74, 6) is 2.23. The molecule has 0 aliphatic rings. The van der Waals surface area contributed by atoms with Crippen LogP contribution in [0.4, 0.5) is 17.1 Å². The fourth-order valence-corrected chi connectivity index (χ4v) is 6.68. The van der Waals surface area contributed by atoms with Gasteiger partial charge in [0.15, 0.2) is 11.6 Å². The highest BCUT2D eigenvalue weighted by atomic mass is 15.3. The van der Waals surface area contributed by atoms with E-state index in [2.05, 4.69) is 146 Å². The summed E-state index contributed by atoms with van der Waals surface area (Å²) in [5.41, 5.74) is 8.59. The molecule has 0 atom stereocenters. The topological polar surface area (TPSA) is 51.8 Å². The number of fused-ring (bicyclic) bond motifs is 3. The van der Waals surface area contributed by atoms with E-state index >= 15 is 0 Å².